The molecule has 178 valence electrons. The first-order valence-electron chi connectivity index (χ1n) is 11.3. The maximum Gasteiger partial charge on any atom is 0.319 e. The summed E-state index contributed by atoms with van der Waals surface area (Å²) in [5.74, 6) is 1.35. The SMILES string of the molecule is CCNC(=O)Nc1ccc(-c2nc(N3CCOCC3)c3c(n2)C(C)(CC(O)CO)OC3)cc1. The van der Waals surface area contributed by atoms with Crippen molar-refractivity contribution in [2.24, 2.45) is 0 Å². The number of urea groups is 1. The fraction of sp³-hybridized carbons (Fsp3) is 0.522. The topological polar surface area (TPSA) is 129 Å². The predicted octanol–water partition coefficient (Wildman–Crippen LogP) is 1.61. The van der Waals surface area contributed by atoms with Crippen molar-refractivity contribution in [2.75, 3.05) is 49.7 Å². The maximum absolute atomic E-state index is 11.8. The highest BCUT2D eigenvalue weighted by Gasteiger charge is 2.42. The molecule has 10 nitrogen and oxygen atoms in total. The van der Waals surface area contributed by atoms with Crippen LogP contribution in [0.4, 0.5) is 16.3 Å². The summed E-state index contributed by atoms with van der Waals surface area (Å²) in [5.41, 5.74) is 2.26. The third-order valence-corrected chi connectivity index (χ3v) is 5.91. The van der Waals surface area contributed by atoms with E-state index in [1.165, 1.54) is 0 Å². The molecule has 3 heterocycles. The average molecular weight is 458 g/mol. The molecule has 2 aromatic rings. The fourth-order valence-corrected chi connectivity index (χ4v) is 4.22. The van der Waals surface area contributed by atoms with E-state index in [-0.39, 0.29) is 19.1 Å². The number of hydrogen-bond donors (Lipinski definition) is 4. The fourth-order valence-electron chi connectivity index (χ4n) is 4.22. The minimum absolute atomic E-state index is 0.227. The molecule has 0 aliphatic carbocycles. The number of nitrogens with one attached hydrogen (secondary N) is 2. The highest BCUT2D eigenvalue weighted by Crippen LogP contribution is 2.43. The Bertz CT molecular complexity index is 980. The number of rotatable bonds is 7. The number of morpholine rings is 1. The molecule has 10 heteroatoms. The molecule has 4 rings (SSSR count). The van der Waals surface area contributed by atoms with Crippen molar-refractivity contribution in [1.29, 1.82) is 0 Å². The van der Waals surface area contributed by atoms with Crippen molar-refractivity contribution in [3.05, 3.63) is 35.5 Å². The number of aliphatic hydroxyl groups excluding tert-OH is 2. The van der Waals surface area contributed by atoms with Gasteiger partial charge in [0.15, 0.2) is 5.82 Å². The lowest BCUT2D eigenvalue weighted by Crippen LogP contribution is -2.38. The van der Waals surface area contributed by atoms with Gasteiger partial charge in [0.2, 0.25) is 0 Å². The Balaban J connectivity index is 1.70. The zero-order valence-corrected chi connectivity index (χ0v) is 19.0. The van der Waals surface area contributed by atoms with Crippen LogP contribution in [-0.2, 0) is 21.7 Å². The molecule has 2 amide bonds. The Morgan fingerprint density at radius 3 is 2.64 bits per heavy atom. The molecule has 2 unspecified atom stereocenters. The lowest BCUT2D eigenvalue weighted by atomic mass is 9.93. The quantitative estimate of drug-likeness (QED) is 0.494. The van der Waals surface area contributed by atoms with Crippen LogP contribution in [0, 0.1) is 0 Å². The van der Waals surface area contributed by atoms with E-state index in [0.29, 0.717) is 51.0 Å². The van der Waals surface area contributed by atoms with Gasteiger partial charge in [0, 0.05) is 42.9 Å². The van der Waals surface area contributed by atoms with Gasteiger partial charge in [-0.05, 0) is 38.1 Å². The first kappa shape index (κ1) is 23.4. The van der Waals surface area contributed by atoms with Crippen molar-refractivity contribution in [2.45, 2.75) is 38.6 Å². The average Bonchev–Trinajstić information content (AvgIpc) is 3.15. The number of aliphatic hydroxyl groups is 2. The second-order valence-electron chi connectivity index (χ2n) is 8.42. The zero-order chi connectivity index (χ0) is 23.4. The van der Waals surface area contributed by atoms with Crippen LogP contribution in [0.2, 0.25) is 0 Å². The van der Waals surface area contributed by atoms with E-state index >= 15 is 0 Å². The van der Waals surface area contributed by atoms with Gasteiger partial charge in [-0.3, -0.25) is 0 Å². The van der Waals surface area contributed by atoms with E-state index in [9.17, 15) is 15.0 Å². The molecule has 1 fully saturated rings. The van der Waals surface area contributed by atoms with Crippen molar-refractivity contribution < 1.29 is 24.5 Å². The van der Waals surface area contributed by atoms with Crippen LogP contribution in [0.3, 0.4) is 0 Å². The van der Waals surface area contributed by atoms with Gasteiger partial charge in [-0.25, -0.2) is 14.8 Å². The summed E-state index contributed by atoms with van der Waals surface area (Å²) in [6.07, 6.45) is -0.684. The van der Waals surface area contributed by atoms with Crippen LogP contribution in [0.25, 0.3) is 11.4 Å². The monoisotopic (exact) mass is 457 g/mol. The Hall–Kier alpha value is -2.79. The van der Waals surface area contributed by atoms with Crippen LogP contribution < -0.4 is 15.5 Å². The number of anilines is 2. The smallest absolute Gasteiger partial charge is 0.319 e. The van der Waals surface area contributed by atoms with Gasteiger partial charge >= 0.3 is 6.03 Å². The van der Waals surface area contributed by atoms with Crippen LogP contribution in [-0.4, -0.2) is 71.8 Å². The van der Waals surface area contributed by atoms with Crippen molar-refractivity contribution in [1.82, 2.24) is 15.3 Å². The number of fused-ring (bicyclic) bond motifs is 1. The molecule has 2 atom stereocenters. The number of aromatic nitrogens is 2. The number of benzene rings is 1. The predicted molar refractivity (Wildman–Crippen MR) is 123 cm³/mol. The Kier molecular flexibility index (Phi) is 7.08. The number of amides is 2. The molecular weight excluding hydrogens is 426 g/mol. The standard InChI is InChI=1S/C23H31N5O5/c1-3-24-22(31)25-16-6-4-15(5-7-16)20-26-19-18(14-33-23(19,2)12-17(30)13-29)21(27-20)28-8-10-32-11-9-28/h4-7,17,29-30H,3,8-14H2,1-2H3,(H2,24,25,31). The van der Waals surface area contributed by atoms with E-state index in [1.807, 2.05) is 26.0 Å². The van der Waals surface area contributed by atoms with Gasteiger partial charge in [-0.1, -0.05) is 0 Å². The molecule has 0 saturated carbocycles. The number of carbonyl (C=O) groups is 1. The molecule has 2 aliphatic heterocycles. The maximum atomic E-state index is 11.8. The first-order valence-corrected chi connectivity index (χ1v) is 11.3. The van der Waals surface area contributed by atoms with Gasteiger partial charge in [0.25, 0.3) is 0 Å². The Morgan fingerprint density at radius 2 is 1.97 bits per heavy atom. The van der Waals surface area contributed by atoms with E-state index in [1.54, 1.807) is 12.1 Å². The number of ether oxygens (including phenoxy) is 2. The van der Waals surface area contributed by atoms with Crippen LogP contribution in [0.5, 0.6) is 0 Å². The lowest BCUT2D eigenvalue weighted by Gasteiger charge is -2.30. The number of carbonyl (C=O) groups excluding carboxylic acids is 1. The normalized spacial score (nSPS) is 20.9. The van der Waals surface area contributed by atoms with Gasteiger partial charge in [0.1, 0.15) is 11.4 Å². The summed E-state index contributed by atoms with van der Waals surface area (Å²) >= 11 is 0. The largest absolute Gasteiger partial charge is 0.394 e. The van der Waals surface area contributed by atoms with Crippen LogP contribution >= 0.6 is 0 Å². The first-order chi connectivity index (χ1) is 15.9. The second kappa shape index (κ2) is 10.0. The molecule has 2 aliphatic rings. The molecule has 33 heavy (non-hydrogen) atoms. The summed E-state index contributed by atoms with van der Waals surface area (Å²) in [6.45, 7) is 6.96. The summed E-state index contributed by atoms with van der Waals surface area (Å²) in [7, 11) is 0. The molecule has 1 aromatic carbocycles. The second-order valence-corrected chi connectivity index (χ2v) is 8.42. The lowest BCUT2D eigenvalue weighted by molar-refractivity contribution is -0.0661. The van der Waals surface area contributed by atoms with Crippen LogP contribution in [0.1, 0.15) is 31.5 Å². The molecule has 0 bridgehead atoms. The summed E-state index contributed by atoms with van der Waals surface area (Å²) in [6, 6.07) is 7.08. The van der Waals surface area contributed by atoms with Crippen molar-refractivity contribution in [3.63, 3.8) is 0 Å². The van der Waals surface area contributed by atoms with E-state index in [2.05, 4.69) is 15.5 Å². The summed E-state index contributed by atoms with van der Waals surface area (Å²) in [4.78, 5) is 23.7. The summed E-state index contributed by atoms with van der Waals surface area (Å²) in [5, 5.41) is 25.0. The third kappa shape index (κ3) is 5.09. The minimum atomic E-state index is -0.911. The van der Waals surface area contributed by atoms with Gasteiger partial charge in [0.05, 0.1) is 38.2 Å². The van der Waals surface area contributed by atoms with Crippen LogP contribution in [0.15, 0.2) is 24.3 Å². The Labute approximate surface area is 192 Å². The highest BCUT2D eigenvalue weighted by atomic mass is 16.5. The van der Waals surface area contributed by atoms with E-state index in [4.69, 9.17) is 19.4 Å². The highest BCUT2D eigenvalue weighted by molar-refractivity contribution is 5.89. The Morgan fingerprint density at radius 1 is 1.24 bits per heavy atom. The molecule has 0 spiro atoms. The van der Waals surface area contributed by atoms with E-state index < -0.39 is 11.7 Å². The van der Waals surface area contributed by atoms with Crippen molar-refractivity contribution in [3.8, 4) is 11.4 Å². The molecule has 1 saturated heterocycles. The van der Waals surface area contributed by atoms with Gasteiger partial charge < -0.3 is 35.2 Å². The number of hydrogen-bond acceptors (Lipinski definition) is 8. The van der Waals surface area contributed by atoms with Gasteiger partial charge in [-0.2, -0.15) is 0 Å². The minimum Gasteiger partial charge on any atom is -0.394 e. The van der Waals surface area contributed by atoms with E-state index in [0.717, 1.165) is 22.6 Å². The third-order valence-electron chi connectivity index (χ3n) is 5.91. The molecule has 4 N–H and O–H groups in total. The molecular formula is C23H31N5O5. The zero-order valence-electron chi connectivity index (χ0n) is 19.0. The molecule has 1 aromatic heterocycles. The van der Waals surface area contributed by atoms with Gasteiger partial charge in [-0.15, -0.1) is 0 Å². The summed E-state index contributed by atoms with van der Waals surface area (Å²) < 4.78 is 11.6. The van der Waals surface area contributed by atoms with Crippen molar-refractivity contribution >= 4 is 17.5 Å². The number of nitrogens with zero attached hydrogens (tertiary/aromatic N) is 3. The molecule has 0 radical (unpaired) electrons.